The molecule has 0 unspecified atom stereocenters. The molecule has 14 heavy (non-hydrogen) atoms. The highest BCUT2D eigenvalue weighted by molar-refractivity contribution is 6.23. The van der Waals surface area contributed by atoms with Crippen molar-refractivity contribution in [1.82, 2.24) is 0 Å². The minimum Gasteiger partial charge on any atom is -0.457 e. The van der Waals surface area contributed by atoms with E-state index in [9.17, 15) is 9.90 Å². The number of esters is 1. The van der Waals surface area contributed by atoms with Crippen molar-refractivity contribution in [2.75, 3.05) is 5.88 Å². The van der Waals surface area contributed by atoms with Crippen LogP contribution in [0.5, 0.6) is 0 Å². The van der Waals surface area contributed by atoms with E-state index in [1.54, 1.807) is 0 Å². The lowest BCUT2D eigenvalue weighted by Gasteiger charge is -2.35. The van der Waals surface area contributed by atoms with Crippen LogP contribution in [0, 0.1) is 0 Å². The maximum atomic E-state index is 10.7. The van der Waals surface area contributed by atoms with Crippen LogP contribution in [0.25, 0.3) is 0 Å². The molecule has 4 nitrogen and oxygen atoms in total. The van der Waals surface area contributed by atoms with Gasteiger partial charge < -0.3 is 14.6 Å². The van der Waals surface area contributed by atoms with Crippen molar-refractivity contribution in [2.45, 2.75) is 37.2 Å². The van der Waals surface area contributed by atoms with Crippen molar-refractivity contribution >= 4 is 29.2 Å². The van der Waals surface area contributed by atoms with E-state index < -0.39 is 24.5 Å². The fourth-order valence-electron chi connectivity index (χ4n) is 1.29. The molecule has 0 aliphatic carbocycles. The van der Waals surface area contributed by atoms with E-state index in [1.165, 1.54) is 6.92 Å². The van der Waals surface area contributed by atoms with Gasteiger partial charge >= 0.3 is 5.97 Å². The monoisotopic (exact) mass is 242 g/mol. The molecule has 1 aliphatic heterocycles. The van der Waals surface area contributed by atoms with Crippen molar-refractivity contribution in [2.24, 2.45) is 0 Å². The standard InChI is InChI=1S/C8H12Cl2O4/c1-4(11)13-6-2-5(10)7(3-9)14-8(6)12/h5-8,12H,2-3H2,1H3/t5-,6+,7-,8-/m0/s1. The molecule has 0 spiro atoms. The van der Waals surface area contributed by atoms with Crippen molar-refractivity contribution in [1.29, 1.82) is 0 Å². The van der Waals surface area contributed by atoms with Crippen molar-refractivity contribution in [3.63, 3.8) is 0 Å². The molecule has 0 bridgehead atoms. The Bertz CT molecular complexity index is 212. The van der Waals surface area contributed by atoms with E-state index in [1.807, 2.05) is 0 Å². The Morgan fingerprint density at radius 1 is 1.71 bits per heavy atom. The lowest BCUT2D eigenvalue weighted by atomic mass is 10.1. The molecule has 1 rings (SSSR count). The topological polar surface area (TPSA) is 55.8 Å². The predicted molar refractivity (Wildman–Crippen MR) is 51.4 cm³/mol. The predicted octanol–water partition coefficient (Wildman–Crippen LogP) is 0.872. The first kappa shape index (κ1) is 12.0. The minimum atomic E-state index is -1.14. The highest BCUT2D eigenvalue weighted by Crippen LogP contribution is 2.26. The first-order valence-corrected chi connectivity index (χ1v) is 5.22. The fraction of sp³-hybridized carbons (Fsp3) is 0.875. The van der Waals surface area contributed by atoms with E-state index >= 15 is 0 Å². The first-order valence-electron chi connectivity index (χ1n) is 4.25. The van der Waals surface area contributed by atoms with Gasteiger partial charge in [0.1, 0.15) is 0 Å². The summed E-state index contributed by atoms with van der Waals surface area (Å²) in [7, 11) is 0. The third kappa shape index (κ3) is 2.98. The zero-order valence-electron chi connectivity index (χ0n) is 7.65. The van der Waals surface area contributed by atoms with Crippen LogP contribution in [0.3, 0.4) is 0 Å². The lowest BCUT2D eigenvalue weighted by molar-refractivity contribution is -0.221. The molecular weight excluding hydrogens is 231 g/mol. The third-order valence-corrected chi connectivity index (χ3v) is 2.73. The zero-order valence-corrected chi connectivity index (χ0v) is 9.16. The molecule has 0 aromatic carbocycles. The van der Waals surface area contributed by atoms with Gasteiger partial charge in [-0.3, -0.25) is 4.79 Å². The van der Waals surface area contributed by atoms with Crippen molar-refractivity contribution in [3.05, 3.63) is 0 Å². The largest absolute Gasteiger partial charge is 0.457 e. The van der Waals surface area contributed by atoms with Gasteiger partial charge in [-0.25, -0.2) is 0 Å². The normalized spacial score (nSPS) is 38.0. The average Bonchev–Trinajstić information content (AvgIpc) is 2.10. The van der Waals surface area contributed by atoms with Gasteiger partial charge in [-0.05, 0) is 0 Å². The van der Waals surface area contributed by atoms with Gasteiger partial charge in [0.2, 0.25) is 0 Å². The maximum absolute atomic E-state index is 10.7. The number of hydrogen-bond acceptors (Lipinski definition) is 4. The molecule has 82 valence electrons. The summed E-state index contributed by atoms with van der Waals surface area (Å²) >= 11 is 11.5. The molecule has 1 N–H and O–H groups in total. The van der Waals surface area contributed by atoms with Gasteiger partial charge in [0.15, 0.2) is 12.4 Å². The Morgan fingerprint density at radius 3 is 2.86 bits per heavy atom. The summed E-state index contributed by atoms with van der Waals surface area (Å²) in [5.74, 6) is -0.260. The molecule has 1 saturated heterocycles. The summed E-state index contributed by atoms with van der Waals surface area (Å²) < 4.78 is 9.90. The van der Waals surface area contributed by atoms with E-state index in [2.05, 4.69) is 0 Å². The zero-order chi connectivity index (χ0) is 10.7. The number of aliphatic hydroxyl groups excluding tert-OH is 1. The molecular formula is C8H12Cl2O4. The van der Waals surface area contributed by atoms with E-state index in [0.717, 1.165) is 0 Å². The summed E-state index contributed by atoms with van der Waals surface area (Å²) in [6, 6.07) is 0. The van der Waals surface area contributed by atoms with Gasteiger partial charge in [0.05, 0.1) is 17.4 Å². The van der Waals surface area contributed by atoms with Crippen LogP contribution in [0.2, 0.25) is 0 Å². The molecule has 1 aliphatic rings. The van der Waals surface area contributed by atoms with E-state index in [0.29, 0.717) is 6.42 Å². The van der Waals surface area contributed by atoms with Crippen molar-refractivity contribution < 1.29 is 19.4 Å². The third-order valence-electron chi connectivity index (χ3n) is 1.96. The smallest absolute Gasteiger partial charge is 0.303 e. The van der Waals surface area contributed by atoms with Crippen LogP contribution in [-0.4, -0.2) is 40.8 Å². The average molecular weight is 243 g/mol. The number of rotatable bonds is 2. The molecule has 1 fully saturated rings. The van der Waals surface area contributed by atoms with Crippen LogP contribution in [0.15, 0.2) is 0 Å². The summed E-state index contributed by atoms with van der Waals surface area (Å²) in [6.07, 6.45) is -1.90. The number of hydrogen-bond donors (Lipinski definition) is 1. The van der Waals surface area contributed by atoms with Crippen LogP contribution in [0.4, 0.5) is 0 Å². The molecule has 0 saturated carbocycles. The number of halogens is 2. The fourth-order valence-corrected chi connectivity index (χ4v) is 2.00. The van der Waals surface area contributed by atoms with Gasteiger partial charge in [0, 0.05) is 13.3 Å². The maximum Gasteiger partial charge on any atom is 0.303 e. The van der Waals surface area contributed by atoms with Crippen LogP contribution in [0.1, 0.15) is 13.3 Å². The number of carbonyl (C=O) groups is 1. The van der Waals surface area contributed by atoms with Gasteiger partial charge in [0.25, 0.3) is 0 Å². The quantitative estimate of drug-likeness (QED) is 0.577. The highest BCUT2D eigenvalue weighted by atomic mass is 35.5. The second kappa shape index (κ2) is 5.16. The first-order chi connectivity index (χ1) is 6.54. The summed E-state index contributed by atoms with van der Waals surface area (Å²) in [5.41, 5.74) is 0. The minimum absolute atomic E-state index is 0.206. The number of aliphatic hydroxyl groups is 1. The Morgan fingerprint density at radius 2 is 2.36 bits per heavy atom. The Hall–Kier alpha value is -0.0300. The highest BCUT2D eigenvalue weighted by Gasteiger charge is 2.37. The second-order valence-electron chi connectivity index (χ2n) is 3.12. The number of ether oxygens (including phenoxy) is 2. The molecule has 0 amide bonds. The molecule has 0 aromatic heterocycles. The van der Waals surface area contributed by atoms with Crippen LogP contribution >= 0.6 is 23.2 Å². The molecule has 1 heterocycles. The number of alkyl halides is 2. The molecule has 0 aromatic rings. The molecule has 6 heteroatoms. The summed E-state index contributed by atoms with van der Waals surface area (Å²) in [4.78, 5) is 10.7. The Labute approximate surface area is 92.1 Å². The lowest BCUT2D eigenvalue weighted by Crippen LogP contribution is -2.47. The summed E-state index contributed by atoms with van der Waals surface area (Å²) in [5, 5.41) is 9.07. The molecule has 4 atom stereocenters. The van der Waals surface area contributed by atoms with Gasteiger partial charge in [-0.2, -0.15) is 0 Å². The van der Waals surface area contributed by atoms with Gasteiger partial charge in [-0.1, -0.05) is 0 Å². The SMILES string of the molecule is CC(=O)O[C@@H]1C[C@H](Cl)[C@H](CCl)O[C@@H]1O. The Balaban J connectivity index is 2.52. The van der Waals surface area contributed by atoms with Crippen molar-refractivity contribution in [3.8, 4) is 0 Å². The van der Waals surface area contributed by atoms with Crippen LogP contribution in [-0.2, 0) is 14.3 Å². The molecule has 0 radical (unpaired) electrons. The Kier molecular flexibility index (Phi) is 4.44. The number of carbonyl (C=O) groups excluding carboxylic acids is 1. The van der Waals surface area contributed by atoms with Crippen LogP contribution < -0.4 is 0 Å². The van der Waals surface area contributed by atoms with Gasteiger partial charge in [-0.15, -0.1) is 23.2 Å². The van der Waals surface area contributed by atoms with E-state index in [-0.39, 0.29) is 11.3 Å². The second-order valence-corrected chi connectivity index (χ2v) is 3.99. The van der Waals surface area contributed by atoms with E-state index in [4.69, 9.17) is 32.7 Å². The summed E-state index contributed by atoms with van der Waals surface area (Å²) in [6.45, 7) is 1.27.